The molecule has 7 nitrogen and oxygen atoms in total. The maximum absolute atomic E-state index is 12.9. The normalized spacial score (nSPS) is 11.9. The Morgan fingerprint density at radius 3 is 2.67 bits per heavy atom. The van der Waals surface area contributed by atoms with Crippen molar-refractivity contribution in [3.8, 4) is 0 Å². The van der Waals surface area contributed by atoms with Crippen molar-refractivity contribution in [1.82, 2.24) is 4.98 Å². The Labute approximate surface area is 175 Å². The van der Waals surface area contributed by atoms with Gasteiger partial charge in [-0.15, -0.1) is 11.3 Å². The van der Waals surface area contributed by atoms with Gasteiger partial charge in [0.15, 0.2) is 11.9 Å². The molecule has 2 N–H and O–H groups in total. The second-order valence-corrected chi connectivity index (χ2v) is 7.76. The summed E-state index contributed by atoms with van der Waals surface area (Å²) in [7, 11) is 0. The highest BCUT2D eigenvalue weighted by atomic mass is 32.1. The number of aryl methyl sites for hydroxylation is 1. The number of hydrogen-bond acceptors (Lipinski definition) is 6. The second kappa shape index (κ2) is 8.00. The number of aromatic nitrogens is 1. The summed E-state index contributed by atoms with van der Waals surface area (Å²) in [5.41, 5.74) is 2.10. The average molecular weight is 422 g/mol. The predicted octanol–water partition coefficient (Wildman–Crippen LogP) is 4.81. The maximum atomic E-state index is 12.9. The van der Waals surface area contributed by atoms with Gasteiger partial charge in [0.2, 0.25) is 5.78 Å². The average Bonchev–Trinajstić information content (AvgIpc) is 3.46. The largest absolute Gasteiger partial charge is 0.459 e. The van der Waals surface area contributed by atoms with Crippen LogP contribution in [0, 0.1) is 6.92 Å². The van der Waals surface area contributed by atoms with Crippen molar-refractivity contribution in [2.24, 2.45) is 0 Å². The number of carbonyl (C=O) groups is 3. The van der Waals surface area contributed by atoms with Gasteiger partial charge in [0, 0.05) is 22.2 Å². The van der Waals surface area contributed by atoms with Crippen LogP contribution >= 0.6 is 11.3 Å². The summed E-state index contributed by atoms with van der Waals surface area (Å²) in [6, 6.07) is 13.8. The first-order chi connectivity index (χ1) is 14.4. The fourth-order valence-electron chi connectivity index (χ4n) is 3.17. The van der Waals surface area contributed by atoms with Crippen LogP contribution in [0.3, 0.4) is 0 Å². The zero-order valence-corrected chi connectivity index (χ0v) is 17.0. The van der Waals surface area contributed by atoms with Gasteiger partial charge in [0.25, 0.3) is 5.91 Å². The number of nitrogens with one attached hydrogen (secondary N) is 2. The Morgan fingerprint density at radius 2 is 1.90 bits per heavy atom. The summed E-state index contributed by atoms with van der Waals surface area (Å²) in [6.45, 7) is 3.36. The van der Waals surface area contributed by atoms with E-state index in [0.29, 0.717) is 10.6 Å². The molecule has 0 spiro atoms. The van der Waals surface area contributed by atoms with Crippen molar-refractivity contribution in [2.45, 2.75) is 20.0 Å². The number of ketones is 1. The van der Waals surface area contributed by atoms with Crippen LogP contribution in [0.4, 0.5) is 5.00 Å². The number of amides is 1. The molecule has 3 aromatic heterocycles. The molecular weight excluding hydrogens is 404 g/mol. The zero-order chi connectivity index (χ0) is 21.3. The van der Waals surface area contributed by atoms with Crippen LogP contribution in [-0.4, -0.2) is 28.7 Å². The van der Waals surface area contributed by atoms with E-state index in [2.05, 4.69) is 10.3 Å². The Kier molecular flexibility index (Phi) is 5.24. The molecule has 1 amide bonds. The number of para-hydroxylation sites is 1. The smallest absolute Gasteiger partial charge is 0.349 e. The number of ether oxygens (including phenoxy) is 1. The summed E-state index contributed by atoms with van der Waals surface area (Å²) >= 11 is 1.06. The molecule has 0 bridgehead atoms. The summed E-state index contributed by atoms with van der Waals surface area (Å²) < 4.78 is 10.4. The number of esters is 1. The number of fused-ring (bicyclic) bond motifs is 1. The third-order valence-corrected chi connectivity index (χ3v) is 5.56. The van der Waals surface area contributed by atoms with Crippen LogP contribution in [0.2, 0.25) is 0 Å². The van der Waals surface area contributed by atoms with Gasteiger partial charge in [-0.1, -0.05) is 18.2 Å². The first-order valence-corrected chi connectivity index (χ1v) is 10.0. The molecule has 1 unspecified atom stereocenters. The molecule has 0 saturated heterocycles. The number of Topliss-reactive ketones (excluding diaryl/α,β-unsaturated/α-hetero) is 1. The SMILES string of the molecule is Cc1[nH]c2ccccc2c1C(=O)C(C)OC(=O)c1ccc(NC(=O)c2ccco2)s1. The molecule has 3 heterocycles. The summed E-state index contributed by atoms with van der Waals surface area (Å²) in [5, 5.41) is 3.91. The lowest BCUT2D eigenvalue weighted by molar-refractivity contribution is 0.0324. The topological polar surface area (TPSA) is 101 Å². The molecule has 0 fully saturated rings. The van der Waals surface area contributed by atoms with E-state index in [-0.39, 0.29) is 16.4 Å². The van der Waals surface area contributed by atoms with Crippen LogP contribution in [0.15, 0.2) is 59.2 Å². The highest BCUT2D eigenvalue weighted by molar-refractivity contribution is 7.18. The number of H-pyrrole nitrogens is 1. The van der Waals surface area contributed by atoms with Crippen molar-refractivity contribution in [3.63, 3.8) is 0 Å². The van der Waals surface area contributed by atoms with E-state index < -0.39 is 18.0 Å². The lowest BCUT2D eigenvalue weighted by Gasteiger charge is -2.12. The number of hydrogen-bond donors (Lipinski definition) is 2. The van der Waals surface area contributed by atoms with E-state index in [4.69, 9.17) is 9.15 Å². The Hall–Kier alpha value is -3.65. The number of furan rings is 1. The van der Waals surface area contributed by atoms with E-state index in [1.807, 2.05) is 31.2 Å². The molecule has 0 aliphatic heterocycles. The number of carbonyl (C=O) groups excluding carboxylic acids is 3. The van der Waals surface area contributed by atoms with E-state index in [1.54, 1.807) is 25.1 Å². The molecule has 1 aromatic carbocycles. The van der Waals surface area contributed by atoms with Gasteiger partial charge in [-0.2, -0.15) is 0 Å². The number of anilines is 1. The Bertz CT molecular complexity index is 1240. The van der Waals surface area contributed by atoms with Gasteiger partial charge in [0.05, 0.1) is 11.3 Å². The minimum Gasteiger partial charge on any atom is -0.459 e. The van der Waals surface area contributed by atoms with E-state index in [9.17, 15) is 14.4 Å². The zero-order valence-electron chi connectivity index (χ0n) is 16.2. The number of benzene rings is 1. The molecular formula is C22H18N2O5S. The molecule has 4 rings (SSSR count). The van der Waals surface area contributed by atoms with Crippen molar-refractivity contribution in [3.05, 3.63) is 76.7 Å². The summed E-state index contributed by atoms with van der Waals surface area (Å²) in [4.78, 5) is 40.9. The molecule has 8 heteroatoms. The van der Waals surface area contributed by atoms with Gasteiger partial charge < -0.3 is 19.5 Å². The molecule has 0 saturated carbocycles. The minimum atomic E-state index is -0.960. The highest BCUT2D eigenvalue weighted by Crippen LogP contribution is 2.26. The molecule has 1 atom stereocenters. The molecule has 0 radical (unpaired) electrons. The first kappa shape index (κ1) is 19.7. The standard InChI is InChI=1S/C22H18N2O5S/c1-12-19(14-6-3-4-7-15(14)23-12)20(25)13(2)29-22(27)17-9-10-18(30-17)24-21(26)16-8-5-11-28-16/h3-11,13,23H,1-2H3,(H,24,26). The molecule has 0 aliphatic rings. The fraction of sp³-hybridized carbons (Fsp3) is 0.136. The van der Waals surface area contributed by atoms with Gasteiger partial charge >= 0.3 is 5.97 Å². The highest BCUT2D eigenvalue weighted by Gasteiger charge is 2.25. The minimum absolute atomic E-state index is 0.167. The maximum Gasteiger partial charge on any atom is 0.349 e. The third-order valence-electron chi connectivity index (χ3n) is 4.58. The van der Waals surface area contributed by atoms with Crippen molar-refractivity contribution < 1.29 is 23.5 Å². The van der Waals surface area contributed by atoms with Crippen LogP contribution < -0.4 is 5.32 Å². The molecule has 30 heavy (non-hydrogen) atoms. The van der Waals surface area contributed by atoms with E-state index in [1.165, 1.54) is 12.3 Å². The van der Waals surface area contributed by atoms with E-state index in [0.717, 1.165) is 27.9 Å². The van der Waals surface area contributed by atoms with Crippen molar-refractivity contribution >= 4 is 44.9 Å². The van der Waals surface area contributed by atoms with Crippen molar-refractivity contribution in [2.75, 3.05) is 5.32 Å². The van der Waals surface area contributed by atoms with Crippen LogP contribution in [0.5, 0.6) is 0 Å². The molecule has 4 aromatic rings. The van der Waals surface area contributed by atoms with Crippen LogP contribution in [0.1, 0.15) is 43.2 Å². The number of aromatic amines is 1. The van der Waals surface area contributed by atoms with Crippen molar-refractivity contribution in [1.29, 1.82) is 0 Å². The molecule has 0 aliphatic carbocycles. The second-order valence-electron chi connectivity index (χ2n) is 6.68. The number of rotatable bonds is 6. The van der Waals surface area contributed by atoms with Gasteiger partial charge in [0.1, 0.15) is 4.88 Å². The number of thiophene rings is 1. The van der Waals surface area contributed by atoms with Gasteiger partial charge in [-0.25, -0.2) is 4.79 Å². The lowest BCUT2D eigenvalue weighted by atomic mass is 10.0. The monoisotopic (exact) mass is 422 g/mol. The van der Waals surface area contributed by atoms with Gasteiger partial charge in [-0.05, 0) is 44.2 Å². The first-order valence-electron chi connectivity index (χ1n) is 9.21. The Morgan fingerprint density at radius 1 is 1.10 bits per heavy atom. The van der Waals surface area contributed by atoms with Crippen LogP contribution in [-0.2, 0) is 4.74 Å². The van der Waals surface area contributed by atoms with Crippen LogP contribution in [0.25, 0.3) is 10.9 Å². The summed E-state index contributed by atoms with van der Waals surface area (Å²) in [5.74, 6) is -1.15. The fourth-order valence-corrected chi connectivity index (χ4v) is 3.95. The van der Waals surface area contributed by atoms with E-state index >= 15 is 0 Å². The lowest BCUT2D eigenvalue weighted by Crippen LogP contribution is -2.24. The van der Waals surface area contributed by atoms with Gasteiger partial charge in [-0.3, -0.25) is 9.59 Å². The summed E-state index contributed by atoms with van der Waals surface area (Å²) in [6.07, 6.45) is 0.443. The molecule has 152 valence electrons. The quantitative estimate of drug-likeness (QED) is 0.343. The third kappa shape index (κ3) is 3.77. The predicted molar refractivity (Wildman–Crippen MR) is 113 cm³/mol. The Balaban J connectivity index is 1.44.